The van der Waals surface area contributed by atoms with E-state index in [1.807, 2.05) is 28.5 Å². The number of hydrogen-bond acceptors (Lipinski definition) is 3. The van der Waals surface area contributed by atoms with E-state index in [4.69, 9.17) is 11.6 Å². The Labute approximate surface area is 133 Å². The third-order valence-corrected chi connectivity index (χ3v) is 5.46. The second-order valence-corrected chi connectivity index (χ2v) is 7.05. The van der Waals surface area contributed by atoms with Gasteiger partial charge in [-0.1, -0.05) is 11.6 Å². The number of halogens is 1. The van der Waals surface area contributed by atoms with E-state index >= 15 is 0 Å². The minimum absolute atomic E-state index is 0.137. The van der Waals surface area contributed by atoms with Gasteiger partial charge in [0.2, 0.25) is 5.91 Å². The number of fused-ring (bicyclic) bond motifs is 1. The number of aliphatic hydroxyl groups is 1. The zero-order chi connectivity index (χ0) is 15.0. The highest BCUT2D eigenvalue weighted by Gasteiger charge is 2.29. The quantitative estimate of drug-likeness (QED) is 0.941. The fourth-order valence-electron chi connectivity index (χ4n) is 2.87. The lowest BCUT2D eigenvalue weighted by Crippen LogP contribution is -2.31. The largest absolute Gasteiger partial charge is 0.393 e. The summed E-state index contributed by atoms with van der Waals surface area (Å²) < 4.78 is 1.16. The van der Waals surface area contributed by atoms with Crippen LogP contribution in [0.2, 0.25) is 5.02 Å². The number of likely N-dealkylation sites (tertiary alicyclic amines) is 1. The van der Waals surface area contributed by atoms with Crippen LogP contribution in [-0.4, -0.2) is 35.1 Å². The number of nitrogens with zero attached hydrogens (tertiary/aromatic N) is 1. The molecule has 0 aliphatic carbocycles. The number of carbonyl (C=O) groups excluding carboxylic acids is 1. The highest BCUT2D eigenvalue weighted by Crippen LogP contribution is 2.30. The smallest absolute Gasteiger partial charge is 0.227 e. The average molecular weight is 324 g/mol. The van der Waals surface area contributed by atoms with Crippen molar-refractivity contribution >= 4 is 38.9 Å². The molecule has 2 heterocycles. The molecule has 5 heteroatoms. The molecule has 1 amide bonds. The topological polar surface area (TPSA) is 40.5 Å². The predicted octanol–water partition coefficient (Wildman–Crippen LogP) is 3.33. The second-order valence-electron chi connectivity index (χ2n) is 5.71. The molecule has 1 aromatic heterocycles. The van der Waals surface area contributed by atoms with Crippen LogP contribution >= 0.6 is 22.9 Å². The molecule has 0 radical (unpaired) electrons. The van der Waals surface area contributed by atoms with Crippen molar-refractivity contribution in [2.45, 2.75) is 25.9 Å². The number of carbonyl (C=O) groups is 1. The SMILES string of the molecule is CC(O)C1CCN(C(=O)Cc2csc3ccc(Cl)cc23)C1. The van der Waals surface area contributed by atoms with Gasteiger partial charge in [-0.3, -0.25) is 4.79 Å². The normalized spacial score (nSPS) is 20.1. The van der Waals surface area contributed by atoms with Crippen LogP contribution < -0.4 is 0 Å². The van der Waals surface area contributed by atoms with Crippen LogP contribution in [0, 0.1) is 5.92 Å². The van der Waals surface area contributed by atoms with Gasteiger partial charge in [0, 0.05) is 28.7 Å². The molecule has 2 atom stereocenters. The number of benzene rings is 1. The van der Waals surface area contributed by atoms with Crippen LogP contribution in [0.5, 0.6) is 0 Å². The monoisotopic (exact) mass is 323 g/mol. The Kier molecular flexibility index (Phi) is 4.20. The Bertz CT molecular complexity index is 667. The van der Waals surface area contributed by atoms with Gasteiger partial charge in [-0.05, 0) is 47.9 Å². The zero-order valence-corrected chi connectivity index (χ0v) is 13.5. The molecular weight excluding hydrogens is 306 g/mol. The highest BCUT2D eigenvalue weighted by atomic mass is 35.5. The first-order valence-corrected chi connectivity index (χ1v) is 8.42. The van der Waals surface area contributed by atoms with Crippen molar-refractivity contribution in [1.29, 1.82) is 0 Å². The molecule has 1 fully saturated rings. The molecule has 0 spiro atoms. The van der Waals surface area contributed by atoms with Crippen LogP contribution in [0.3, 0.4) is 0 Å². The van der Waals surface area contributed by atoms with Crippen molar-refractivity contribution in [3.8, 4) is 0 Å². The van der Waals surface area contributed by atoms with Gasteiger partial charge in [-0.15, -0.1) is 11.3 Å². The molecule has 1 saturated heterocycles. The molecule has 1 N–H and O–H groups in total. The summed E-state index contributed by atoms with van der Waals surface area (Å²) in [7, 11) is 0. The average Bonchev–Trinajstić information content (AvgIpc) is 3.06. The van der Waals surface area contributed by atoms with Gasteiger partial charge in [-0.2, -0.15) is 0 Å². The molecule has 0 bridgehead atoms. The summed E-state index contributed by atoms with van der Waals surface area (Å²) in [5.74, 6) is 0.348. The summed E-state index contributed by atoms with van der Waals surface area (Å²) in [6.07, 6.45) is 0.954. The first-order chi connectivity index (χ1) is 10.0. The van der Waals surface area contributed by atoms with E-state index in [0.717, 1.165) is 28.6 Å². The van der Waals surface area contributed by atoms with Crippen LogP contribution in [0.4, 0.5) is 0 Å². The minimum Gasteiger partial charge on any atom is -0.393 e. The lowest BCUT2D eigenvalue weighted by Gasteiger charge is -2.17. The van der Waals surface area contributed by atoms with E-state index in [1.165, 1.54) is 0 Å². The Balaban J connectivity index is 1.74. The van der Waals surface area contributed by atoms with Crippen molar-refractivity contribution in [2.75, 3.05) is 13.1 Å². The molecule has 1 aliphatic heterocycles. The van der Waals surface area contributed by atoms with Crippen molar-refractivity contribution in [2.24, 2.45) is 5.92 Å². The molecule has 3 rings (SSSR count). The van der Waals surface area contributed by atoms with Gasteiger partial charge in [0.05, 0.1) is 12.5 Å². The van der Waals surface area contributed by atoms with Gasteiger partial charge in [0.15, 0.2) is 0 Å². The van der Waals surface area contributed by atoms with Gasteiger partial charge >= 0.3 is 0 Å². The van der Waals surface area contributed by atoms with Crippen molar-refractivity contribution in [3.63, 3.8) is 0 Å². The third kappa shape index (κ3) is 3.07. The molecule has 3 nitrogen and oxygen atoms in total. The fourth-order valence-corrected chi connectivity index (χ4v) is 3.99. The van der Waals surface area contributed by atoms with E-state index in [0.29, 0.717) is 18.0 Å². The summed E-state index contributed by atoms with van der Waals surface area (Å²) in [4.78, 5) is 14.3. The van der Waals surface area contributed by atoms with Gasteiger partial charge in [-0.25, -0.2) is 0 Å². The van der Waals surface area contributed by atoms with E-state index in [-0.39, 0.29) is 17.9 Å². The maximum Gasteiger partial charge on any atom is 0.227 e. The maximum absolute atomic E-state index is 12.4. The summed E-state index contributed by atoms with van der Waals surface area (Å²) in [6.45, 7) is 3.21. The molecule has 2 aromatic rings. The fraction of sp³-hybridized carbons (Fsp3) is 0.438. The molecule has 112 valence electrons. The number of hydrogen-bond donors (Lipinski definition) is 1. The lowest BCUT2D eigenvalue weighted by atomic mass is 10.0. The number of amides is 1. The minimum atomic E-state index is -0.344. The summed E-state index contributed by atoms with van der Waals surface area (Å²) in [5.41, 5.74) is 1.04. The van der Waals surface area contributed by atoms with Gasteiger partial charge in [0.1, 0.15) is 0 Å². The predicted molar refractivity (Wildman–Crippen MR) is 86.9 cm³/mol. The Morgan fingerprint density at radius 3 is 3.10 bits per heavy atom. The summed E-state index contributed by atoms with van der Waals surface area (Å²) in [5, 5.41) is 13.4. The molecule has 0 saturated carbocycles. The second kappa shape index (κ2) is 5.95. The van der Waals surface area contributed by atoms with Crippen LogP contribution in [0.1, 0.15) is 18.9 Å². The van der Waals surface area contributed by atoms with Crippen LogP contribution in [0.25, 0.3) is 10.1 Å². The molecule has 2 unspecified atom stereocenters. The first-order valence-electron chi connectivity index (χ1n) is 7.16. The van der Waals surface area contributed by atoms with Crippen molar-refractivity contribution in [3.05, 3.63) is 34.2 Å². The third-order valence-electron chi connectivity index (χ3n) is 4.22. The van der Waals surface area contributed by atoms with Gasteiger partial charge < -0.3 is 10.0 Å². The van der Waals surface area contributed by atoms with E-state index in [1.54, 1.807) is 18.3 Å². The van der Waals surface area contributed by atoms with Gasteiger partial charge in [0.25, 0.3) is 0 Å². The first kappa shape index (κ1) is 14.8. The van der Waals surface area contributed by atoms with Crippen LogP contribution in [-0.2, 0) is 11.2 Å². The standard InChI is InChI=1S/C16H18ClNO2S/c1-10(19)11-4-5-18(8-11)16(20)6-12-9-21-15-3-2-13(17)7-14(12)15/h2-3,7,9-11,19H,4-6,8H2,1H3. The molecular formula is C16H18ClNO2S. The van der Waals surface area contributed by atoms with Crippen molar-refractivity contribution < 1.29 is 9.90 Å². The Morgan fingerprint density at radius 1 is 1.57 bits per heavy atom. The number of rotatable bonds is 3. The van der Waals surface area contributed by atoms with Crippen LogP contribution in [0.15, 0.2) is 23.6 Å². The maximum atomic E-state index is 12.4. The molecule has 1 aliphatic rings. The Hall–Kier alpha value is -1.10. The van der Waals surface area contributed by atoms with E-state index < -0.39 is 0 Å². The summed E-state index contributed by atoms with van der Waals surface area (Å²) >= 11 is 7.69. The number of thiophene rings is 1. The molecule has 1 aromatic carbocycles. The zero-order valence-electron chi connectivity index (χ0n) is 11.9. The highest BCUT2D eigenvalue weighted by molar-refractivity contribution is 7.17. The lowest BCUT2D eigenvalue weighted by molar-refractivity contribution is -0.129. The Morgan fingerprint density at radius 2 is 2.38 bits per heavy atom. The van der Waals surface area contributed by atoms with E-state index in [9.17, 15) is 9.90 Å². The van der Waals surface area contributed by atoms with Crippen molar-refractivity contribution in [1.82, 2.24) is 4.90 Å². The summed E-state index contributed by atoms with van der Waals surface area (Å²) in [6, 6.07) is 5.80. The van der Waals surface area contributed by atoms with E-state index in [2.05, 4.69) is 0 Å². The number of aliphatic hydroxyl groups excluding tert-OH is 1. The molecule has 21 heavy (non-hydrogen) atoms.